The summed E-state index contributed by atoms with van der Waals surface area (Å²) in [6, 6.07) is 18.2. The second-order valence-corrected chi connectivity index (χ2v) is 12.1. The van der Waals surface area contributed by atoms with Gasteiger partial charge in [-0.05, 0) is 61.4 Å². The van der Waals surface area contributed by atoms with E-state index in [-0.39, 0.29) is 24.1 Å². The largest absolute Gasteiger partial charge is 0.497 e. The molecule has 1 fully saturated rings. The lowest BCUT2D eigenvalue weighted by atomic mass is 9.92. The maximum absolute atomic E-state index is 15.1. The van der Waals surface area contributed by atoms with Crippen molar-refractivity contribution in [2.45, 2.75) is 32.5 Å². The molecule has 0 saturated carbocycles. The average Bonchev–Trinajstić information content (AvgIpc) is 3.12. The molecule has 1 aliphatic rings. The summed E-state index contributed by atoms with van der Waals surface area (Å²) in [5, 5.41) is 13.7. The molecule has 1 amide bonds. The zero-order chi connectivity index (χ0) is 35.6. The highest BCUT2D eigenvalue weighted by atomic mass is 19.1. The Morgan fingerprint density at radius 1 is 0.960 bits per heavy atom. The first-order valence-corrected chi connectivity index (χ1v) is 16.5. The first-order valence-electron chi connectivity index (χ1n) is 16.5. The van der Waals surface area contributed by atoms with E-state index in [2.05, 4.69) is 38.9 Å². The molecule has 1 unspecified atom stereocenters. The number of rotatable bonds is 15. The average molecular weight is 689 g/mol. The quantitative estimate of drug-likeness (QED) is 0.149. The molecule has 5 rings (SSSR count). The fourth-order valence-corrected chi connectivity index (χ4v) is 6.08. The molecule has 13 heteroatoms. The Balaban J connectivity index is 1.38. The number of nitrogens with one attached hydrogen (secondary N) is 1. The van der Waals surface area contributed by atoms with E-state index in [1.54, 1.807) is 37.4 Å². The Bertz CT molecular complexity index is 1730. The topological polar surface area (TPSA) is 122 Å². The van der Waals surface area contributed by atoms with Crippen LogP contribution < -0.4 is 24.4 Å². The predicted octanol–water partition coefficient (Wildman–Crippen LogP) is 6.20. The standard InChI is InChI=1S/C37H45FN6O6/c1-25(2)43-18-16-42(17-19-43)20-21-50-33-12-10-27(22-31(33)38)40-36-39-15-14-34(41-36)44(37(45)46)35(29-9-7-6-8-26(29)24-47-3)30-23-28(48-4)11-13-32(30)49-5/h6-15,22-23,25,35H,16-21,24H2,1-5H3,(H,45,46)(H,39,40,41). The molecular formula is C37H45FN6O6. The molecule has 0 bridgehead atoms. The minimum absolute atomic E-state index is 0.0730. The van der Waals surface area contributed by atoms with Crippen LogP contribution in [0.25, 0.3) is 0 Å². The fourth-order valence-electron chi connectivity index (χ4n) is 6.08. The van der Waals surface area contributed by atoms with Gasteiger partial charge in [-0.15, -0.1) is 0 Å². The minimum Gasteiger partial charge on any atom is -0.497 e. The summed E-state index contributed by atoms with van der Waals surface area (Å²) in [6.07, 6.45) is 0.169. The first-order chi connectivity index (χ1) is 24.2. The van der Waals surface area contributed by atoms with Crippen molar-refractivity contribution in [2.75, 3.05) is 70.9 Å². The highest BCUT2D eigenvalue weighted by molar-refractivity contribution is 5.87. The maximum Gasteiger partial charge on any atom is 0.413 e. The van der Waals surface area contributed by atoms with Crippen molar-refractivity contribution in [3.05, 3.63) is 95.4 Å². The number of nitrogens with zero attached hydrogens (tertiary/aromatic N) is 5. The van der Waals surface area contributed by atoms with Gasteiger partial charge >= 0.3 is 6.09 Å². The van der Waals surface area contributed by atoms with Crippen LogP contribution in [0.5, 0.6) is 17.2 Å². The number of anilines is 3. The first kappa shape index (κ1) is 36.3. The number of ether oxygens (including phenoxy) is 4. The van der Waals surface area contributed by atoms with Gasteiger partial charge in [0.05, 0.1) is 26.9 Å². The van der Waals surface area contributed by atoms with Gasteiger partial charge in [0.15, 0.2) is 11.6 Å². The van der Waals surface area contributed by atoms with Crippen LogP contribution in [0.3, 0.4) is 0 Å². The highest BCUT2D eigenvalue weighted by Crippen LogP contribution is 2.40. The fraction of sp³-hybridized carbons (Fsp3) is 0.378. The third kappa shape index (κ3) is 8.78. The summed E-state index contributed by atoms with van der Waals surface area (Å²) < 4.78 is 37.6. The molecule has 50 heavy (non-hydrogen) atoms. The molecule has 0 aliphatic carbocycles. The zero-order valence-electron chi connectivity index (χ0n) is 29.1. The number of halogens is 1. The number of amides is 1. The highest BCUT2D eigenvalue weighted by Gasteiger charge is 2.33. The Morgan fingerprint density at radius 3 is 2.40 bits per heavy atom. The van der Waals surface area contributed by atoms with Crippen LogP contribution in [-0.2, 0) is 11.3 Å². The van der Waals surface area contributed by atoms with Gasteiger partial charge < -0.3 is 29.4 Å². The van der Waals surface area contributed by atoms with E-state index in [0.717, 1.165) is 36.6 Å². The summed E-state index contributed by atoms with van der Waals surface area (Å²) in [5.74, 6) is 0.726. The van der Waals surface area contributed by atoms with Gasteiger partial charge in [-0.25, -0.2) is 19.1 Å². The van der Waals surface area contributed by atoms with Crippen LogP contribution in [0.1, 0.15) is 36.6 Å². The Kier molecular flexibility index (Phi) is 12.4. The number of hydrogen-bond acceptors (Lipinski definition) is 10. The van der Waals surface area contributed by atoms with Crippen LogP contribution in [0, 0.1) is 5.82 Å². The van der Waals surface area contributed by atoms with E-state index < -0.39 is 18.0 Å². The third-order valence-corrected chi connectivity index (χ3v) is 8.72. The number of hydrogen-bond donors (Lipinski definition) is 2. The van der Waals surface area contributed by atoms with Crippen LogP contribution >= 0.6 is 0 Å². The lowest BCUT2D eigenvalue weighted by molar-refractivity contribution is 0.0965. The summed E-state index contributed by atoms with van der Waals surface area (Å²) in [7, 11) is 4.63. The van der Waals surface area contributed by atoms with Gasteiger partial charge in [-0.1, -0.05) is 24.3 Å². The number of carbonyl (C=O) groups is 1. The smallest absolute Gasteiger partial charge is 0.413 e. The molecule has 1 aliphatic heterocycles. The van der Waals surface area contributed by atoms with Crippen LogP contribution in [0.15, 0.2) is 72.9 Å². The van der Waals surface area contributed by atoms with E-state index in [1.807, 2.05) is 24.3 Å². The van der Waals surface area contributed by atoms with Crippen molar-refractivity contribution < 1.29 is 33.2 Å². The molecule has 2 N–H and O–H groups in total. The molecule has 1 saturated heterocycles. The molecule has 1 aromatic heterocycles. The van der Waals surface area contributed by atoms with Crippen molar-refractivity contribution >= 4 is 23.5 Å². The molecule has 12 nitrogen and oxygen atoms in total. The molecule has 4 aromatic rings. The normalized spacial score (nSPS) is 14.3. The van der Waals surface area contributed by atoms with Crippen molar-refractivity contribution in [2.24, 2.45) is 0 Å². The molecular weight excluding hydrogens is 643 g/mol. The van der Waals surface area contributed by atoms with E-state index in [0.29, 0.717) is 47.5 Å². The second-order valence-electron chi connectivity index (χ2n) is 12.1. The van der Waals surface area contributed by atoms with E-state index in [1.165, 1.54) is 32.5 Å². The molecule has 2 heterocycles. The van der Waals surface area contributed by atoms with Crippen molar-refractivity contribution in [1.29, 1.82) is 0 Å². The van der Waals surface area contributed by atoms with Gasteiger partial charge in [0.2, 0.25) is 5.95 Å². The van der Waals surface area contributed by atoms with Gasteiger partial charge in [-0.3, -0.25) is 9.80 Å². The Labute approximate surface area is 292 Å². The van der Waals surface area contributed by atoms with Gasteiger partial charge in [0, 0.05) is 69.4 Å². The van der Waals surface area contributed by atoms with Crippen LogP contribution in [-0.4, -0.2) is 97.7 Å². The number of carboxylic acid groups (broad SMARTS) is 1. The number of aromatic nitrogens is 2. The van der Waals surface area contributed by atoms with E-state index >= 15 is 4.39 Å². The predicted molar refractivity (Wildman–Crippen MR) is 189 cm³/mol. The lowest BCUT2D eigenvalue weighted by Gasteiger charge is -2.36. The zero-order valence-corrected chi connectivity index (χ0v) is 29.1. The van der Waals surface area contributed by atoms with Gasteiger partial charge in [0.1, 0.15) is 23.9 Å². The maximum atomic E-state index is 15.1. The lowest BCUT2D eigenvalue weighted by Crippen LogP contribution is -2.49. The molecule has 266 valence electrons. The van der Waals surface area contributed by atoms with Crippen LogP contribution in [0.4, 0.5) is 26.6 Å². The van der Waals surface area contributed by atoms with E-state index in [9.17, 15) is 9.90 Å². The van der Waals surface area contributed by atoms with Crippen molar-refractivity contribution in [1.82, 2.24) is 19.8 Å². The Hall–Kier alpha value is -4.98. The Morgan fingerprint density at radius 2 is 1.72 bits per heavy atom. The summed E-state index contributed by atoms with van der Waals surface area (Å²) in [4.78, 5) is 27.9. The third-order valence-electron chi connectivity index (χ3n) is 8.72. The molecule has 0 radical (unpaired) electrons. The van der Waals surface area contributed by atoms with Gasteiger partial charge in [0.25, 0.3) is 0 Å². The number of benzene rings is 3. The minimum atomic E-state index is -1.27. The monoisotopic (exact) mass is 688 g/mol. The summed E-state index contributed by atoms with van der Waals surface area (Å²) in [5.41, 5.74) is 2.33. The second kappa shape index (κ2) is 17.1. The summed E-state index contributed by atoms with van der Waals surface area (Å²) >= 11 is 0. The van der Waals surface area contributed by atoms with Crippen LogP contribution in [0.2, 0.25) is 0 Å². The molecule has 1 atom stereocenters. The number of piperazine rings is 1. The van der Waals surface area contributed by atoms with E-state index in [4.69, 9.17) is 18.9 Å². The van der Waals surface area contributed by atoms with Gasteiger partial charge in [-0.2, -0.15) is 4.98 Å². The molecule has 3 aromatic carbocycles. The van der Waals surface area contributed by atoms with Crippen molar-refractivity contribution in [3.63, 3.8) is 0 Å². The van der Waals surface area contributed by atoms with Crippen molar-refractivity contribution in [3.8, 4) is 17.2 Å². The SMILES string of the molecule is COCc1ccccc1C(c1cc(OC)ccc1OC)N(C(=O)O)c1ccnc(Nc2ccc(OCCN3CCN(C(C)C)CC3)c(F)c2)n1. The number of methoxy groups -OCH3 is 3. The summed E-state index contributed by atoms with van der Waals surface area (Å²) in [6.45, 7) is 9.67. The molecule has 0 spiro atoms.